The number of aliphatic hydroxyl groups is 1. The molecule has 0 aromatic heterocycles. The van der Waals surface area contributed by atoms with Gasteiger partial charge in [-0.25, -0.2) is 0 Å². The van der Waals surface area contributed by atoms with Gasteiger partial charge in [0.15, 0.2) is 0 Å². The molecule has 2 heteroatoms. The molecule has 0 bridgehead atoms. The molecule has 0 heterocycles. The molecular formula is C14H26O2. The van der Waals surface area contributed by atoms with Crippen LogP contribution in [0.25, 0.3) is 0 Å². The minimum atomic E-state index is -0.332. The van der Waals surface area contributed by atoms with E-state index in [-0.39, 0.29) is 28.8 Å². The number of rotatable bonds is 0. The van der Waals surface area contributed by atoms with Crippen molar-refractivity contribution in [3.8, 4) is 0 Å². The average Bonchev–Trinajstić information content (AvgIpc) is 2.04. The van der Waals surface area contributed by atoms with Gasteiger partial charge < -0.3 is 5.11 Å². The summed E-state index contributed by atoms with van der Waals surface area (Å²) >= 11 is 0. The highest BCUT2D eigenvalue weighted by atomic mass is 16.3. The van der Waals surface area contributed by atoms with Gasteiger partial charge in [0.1, 0.15) is 5.78 Å². The van der Waals surface area contributed by atoms with E-state index in [1.54, 1.807) is 0 Å². The van der Waals surface area contributed by atoms with Gasteiger partial charge in [0.2, 0.25) is 0 Å². The first-order chi connectivity index (χ1) is 7.03. The molecule has 0 aliphatic heterocycles. The van der Waals surface area contributed by atoms with Crippen molar-refractivity contribution in [1.29, 1.82) is 0 Å². The standard InChI is InChI=1S/C14H26O2/c1-13(2,3)9-7-12(16)10(8-11(9)15)14(4,5)6/h9-11,15H,7-8H2,1-6H3/t9-,10-,11+/m1/s1. The summed E-state index contributed by atoms with van der Waals surface area (Å²) in [6.07, 6.45) is 0.832. The Labute approximate surface area is 99.4 Å². The van der Waals surface area contributed by atoms with Crippen LogP contribution in [0.15, 0.2) is 0 Å². The highest BCUT2D eigenvalue weighted by molar-refractivity contribution is 5.83. The number of carbonyl (C=O) groups is 1. The van der Waals surface area contributed by atoms with Crippen molar-refractivity contribution in [2.45, 2.75) is 60.5 Å². The van der Waals surface area contributed by atoms with Gasteiger partial charge in [-0.15, -0.1) is 0 Å². The van der Waals surface area contributed by atoms with E-state index < -0.39 is 0 Å². The van der Waals surface area contributed by atoms with Gasteiger partial charge >= 0.3 is 0 Å². The monoisotopic (exact) mass is 226 g/mol. The summed E-state index contributed by atoms with van der Waals surface area (Å²) in [7, 11) is 0. The second-order valence-corrected chi connectivity index (χ2v) is 7.36. The molecule has 1 fully saturated rings. The molecule has 0 radical (unpaired) electrons. The molecule has 0 unspecified atom stereocenters. The predicted octanol–water partition coefficient (Wildman–Crippen LogP) is 3.03. The summed E-state index contributed by atoms with van der Waals surface area (Å²) in [5.41, 5.74) is -0.0150. The molecular weight excluding hydrogens is 200 g/mol. The Kier molecular flexibility index (Phi) is 3.54. The third-order valence-electron chi connectivity index (χ3n) is 3.91. The zero-order valence-electron chi connectivity index (χ0n) is 11.5. The normalized spacial score (nSPS) is 32.9. The number of Topliss-reactive ketones (excluding diaryl/α,β-unsaturated/α-hetero) is 1. The maximum Gasteiger partial charge on any atom is 0.136 e. The van der Waals surface area contributed by atoms with Crippen molar-refractivity contribution in [1.82, 2.24) is 0 Å². The zero-order valence-corrected chi connectivity index (χ0v) is 11.5. The lowest BCUT2D eigenvalue weighted by Gasteiger charge is -2.43. The number of hydrogen-bond acceptors (Lipinski definition) is 2. The number of aliphatic hydroxyl groups excluding tert-OH is 1. The van der Waals surface area contributed by atoms with E-state index in [4.69, 9.17) is 0 Å². The zero-order chi connectivity index (χ0) is 12.7. The fourth-order valence-corrected chi connectivity index (χ4v) is 2.75. The molecule has 1 saturated carbocycles. The Morgan fingerprint density at radius 3 is 1.94 bits per heavy atom. The minimum absolute atomic E-state index is 0.0118. The molecule has 1 N–H and O–H groups in total. The molecule has 0 saturated heterocycles. The van der Waals surface area contributed by atoms with Crippen LogP contribution in [0, 0.1) is 22.7 Å². The SMILES string of the molecule is CC(C)(C)[C@@H]1C[C@H](O)[C@H](C(C)(C)C)CC1=O. The Morgan fingerprint density at radius 1 is 1.06 bits per heavy atom. The average molecular weight is 226 g/mol. The Balaban J connectivity index is 2.83. The van der Waals surface area contributed by atoms with Crippen LogP contribution in [-0.4, -0.2) is 17.0 Å². The summed E-state index contributed by atoms with van der Waals surface area (Å²) in [5, 5.41) is 10.2. The van der Waals surface area contributed by atoms with Crippen LogP contribution in [-0.2, 0) is 4.79 Å². The van der Waals surface area contributed by atoms with Gasteiger partial charge in [0.05, 0.1) is 6.10 Å². The van der Waals surface area contributed by atoms with E-state index in [1.807, 2.05) is 0 Å². The fourth-order valence-electron chi connectivity index (χ4n) is 2.75. The minimum Gasteiger partial charge on any atom is -0.393 e. The van der Waals surface area contributed by atoms with Crippen molar-refractivity contribution in [2.75, 3.05) is 0 Å². The van der Waals surface area contributed by atoms with Gasteiger partial charge in [0.25, 0.3) is 0 Å². The summed E-state index contributed by atoms with van der Waals surface area (Å²) in [4.78, 5) is 12.1. The van der Waals surface area contributed by atoms with E-state index in [0.717, 1.165) is 0 Å². The first-order valence-corrected chi connectivity index (χ1v) is 6.24. The van der Waals surface area contributed by atoms with Crippen LogP contribution in [0.2, 0.25) is 0 Å². The lowest BCUT2D eigenvalue weighted by atomic mass is 9.62. The number of hydrogen-bond donors (Lipinski definition) is 1. The van der Waals surface area contributed by atoms with Gasteiger partial charge in [0, 0.05) is 12.3 Å². The molecule has 0 amide bonds. The molecule has 1 rings (SSSR count). The van der Waals surface area contributed by atoms with Gasteiger partial charge in [-0.05, 0) is 23.2 Å². The Hall–Kier alpha value is -0.370. The molecule has 3 atom stereocenters. The lowest BCUT2D eigenvalue weighted by molar-refractivity contribution is -0.138. The Morgan fingerprint density at radius 2 is 1.56 bits per heavy atom. The molecule has 2 nitrogen and oxygen atoms in total. The van der Waals surface area contributed by atoms with Crippen molar-refractivity contribution < 1.29 is 9.90 Å². The van der Waals surface area contributed by atoms with E-state index in [9.17, 15) is 9.90 Å². The topological polar surface area (TPSA) is 37.3 Å². The first kappa shape index (κ1) is 13.7. The highest BCUT2D eigenvalue weighted by Crippen LogP contribution is 2.43. The first-order valence-electron chi connectivity index (χ1n) is 6.24. The van der Waals surface area contributed by atoms with Gasteiger partial charge in [-0.2, -0.15) is 0 Å². The highest BCUT2D eigenvalue weighted by Gasteiger charge is 2.44. The quantitative estimate of drug-likeness (QED) is 0.689. The molecule has 0 aromatic rings. The maximum atomic E-state index is 12.1. The fraction of sp³-hybridized carbons (Fsp3) is 0.929. The number of ketones is 1. The van der Waals surface area contributed by atoms with Crippen LogP contribution in [0.4, 0.5) is 0 Å². The summed E-state index contributed by atoms with van der Waals surface area (Å²) in [6, 6.07) is 0. The smallest absolute Gasteiger partial charge is 0.136 e. The summed E-state index contributed by atoms with van der Waals surface area (Å²) < 4.78 is 0. The Bertz CT molecular complexity index is 267. The van der Waals surface area contributed by atoms with Crippen LogP contribution < -0.4 is 0 Å². The molecule has 0 spiro atoms. The lowest BCUT2D eigenvalue weighted by Crippen LogP contribution is -2.45. The van der Waals surface area contributed by atoms with E-state index >= 15 is 0 Å². The van der Waals surface area contributed by atoms with E-state index in [1.165, 1.54) is 0 Å². The summed E-state index contributed by atoms with van der Waals surface area (Å²) in [6.45, 7) is 12.6. The third-order valence-corrected chi connectivity index (χ3v) is 3.91. The van der Waals surface area contributed by atoms with Crippen molar-refractivity contribution in [3.05, 3.63) is 0 Å². The largest absolute Gasteiger partial charge is 0.393 e. The molecule has 16 heavy (non-hydrogen) atoms. The van der Waals surface area contributed by atoms with Crippen molar-refractivity contribution >= 4 is 5.78 Å². The second-order valence-electron chi connectivity index (χ2n) is 7.36. The van der Waals surface area contributed by atoms with Gasteiger partial charge in [-0.3, -0.25) is 4.79 Å². The second kappa shape index (κ2) is 4.14. The van der Waals surface area contributed by atoms with Crippen LogP contribution >= 0.6 is 0 Å². The van der Waals surface area contributed by atoms with Crippen molar-refractivity contribution in [2.24, 2.45) is 22.7 Å². The maximum absolute atomic E-state index is 12.1. The van der Waals surface area contributed by atoms with Gasteiger partial charge in [-0.1, -0.05) is 41.5 Å². The number of carbonyl (C=O) groups excluding carboxylic acids is 1. The molecule has 1 aliphatic carbocycles. The van der Waals surface area contributed by atoms with E-state index in [2.05, 4.69) is 41.5 Å². The van der Waals surface area contributed by atoms with Crippen LogP contribution in [0.1, 0.15) is 54.4 Å². The predicted molar refractivity (Wildman–Crippen MR) is 66.1 cm³/mol. The van der Waals surface area contributed by atoms with Crippen molar-refractivity contribution in [3.63, 3.8) is 0 Å². The molecule has 94 valence electrons. The summed E-state index contributed by atoms with van der Waals surface area (Å²) in [5.74, 6) is 0.456. The molecule has 0 aromatic carbocycles. The van der Waals surface area contributed by atoms with E-state index in [0.29, 0.717) is 18.6 Å². The van der Waals surface area contributed by atoms with Crippen LogP contribution in [0.5, 0.6) is 0 Å². The van der Waals surface area contributed by atoms with Crippen LogP contribution in [0.3, 0.4) is 0 Å². The molecule has 1 aliphatic rings. The third kappa shape index (κ3) is 2.85.